The third-order valence-electron chi connectivity index (χ3n) is 1.98. The Kier molecular flexibility index (Phi) is 2.35. The molecule has 0 spiro atoms. The fourth-order valence-corrected chi connectivity index (χ4v) is 1.30. The number of halogens is 1. The lowest BCUT2D eigenvalue weighted by Crippen LogP contribution is -2.02. The molecule has 0 fully saturated rings. The summed E-state index contributed by atoms with van der Waals surface area (Å²) in [5.41, 5.74) is 0.751. The molecule has 4 heteroatoms. The van der Waals surface area contributed by atoms with Crippen molar-refractivity contribution in [2.75, 3.05) is 20.3 Å². The molecule has 0 aliphatic carbocycles. The molecule has 1 heterocycles. The SMILES string of the molecule is COc1cc(C2=NCCO2)ccc1F. The van der Waals surface area contributed by atoms with E-state index in [1.54, 1.807) is 12.1 Å². The standard InChI is InChI=1S/C10H10FNO2/c1-13-9-6-7(2-3-8(9)11)10-12-4-5-14-10/h2-3,6H,4-5H2,1H3. The van der Waals surface area contributed by atoms with Gasteiger partial charge < -0.3 is 9.47 Å². The van der Waals surface area contributed by atoms with Crippen molar-refractivity contribution in [3.8, 4) is 5.75 Å². The molecule has 0 unspecified atom stereocenters. The van der Waals surface area contributed by atoms with Gasteiger partial charge in [-0.25, -0.2) is 9.38 Å². The van der Waals surface area contributed by atoms with Gasteiger partial charge in [-0.2, -0.15) is 0 Å². The number of hydrogen-bond acceptors (Lipinski definition) is 3. The van der Waals surface area contributed by atoms with Crippen molar-refractivity contribution in [2.24, 2.45) is 4.99 Å². The van der Waals surface area contributed by atoms with Gasteiger partial charge in [-0.05, 0) is 18.2 Å². The third kappa shape index (κ3) is 1.55. The molecular weight excluding hydrogens is 185 g/mol. The van der Waals surface area contributed by atoms with Gasteiger partial charge in [-0.1, -0.05) is 0 Å². The van der Waals surface area contributed by atoms with E-state index in [0.29, 0.717) is 19.0 Å². The van der Waals surface area contributed by atoms with Gasteiger partial charge in [0.15, 0.2) is 11.6 Å². The number of aliphatic imine (C=N–C) groups is 1. The first-order chi connectivity index (χ1) is 6.81. The van der Waals surface area contributed by atoms with E-state index in [4.69, 9.17) is 9.47 Å². The van der Waals surface area contributed by atoms with Crippen LogP contribution in [0.25, 0.3) is 0 Å². The molecule has 1 aromatic rings. The van der Waals surface area contributed by atoms with Crippen LogP contribution >= 0.6 is 0 Å². The summed E-state index contributed by atoms with van der Waals surface area (Å²) in [4.78, 5) is 4.13. The molecule has 1 aliphatic rings. The fraction of sp³-hybridized carbons (Fsp3) is 0.300. The van der Waals surface area contributed by atoms with Gasteiger partial charge in [0.2, 0.25) is 5.90 Å². The summed E-state index contributed by atoms with van der Waals surface area (Å²) in [6, 6.07) is 4.56. The largest absolute Gasteiger partial charge is 0.494 e. The van der Waals surface area contributed by atoms with Gasteiger partial charge in [-0.3, -0.25) is 0 Å². The minimum Gasteiger partial charge on any atom is -0.494 e. The van der Waals surface area contributed by atoms with Crippen LogP contribution in [0, 0.1) is 5.82 Å². The van der Waals surface area contributed by atoms with Crippen LogP contribution in [0.15, 0.2) is 23.2 Å². The number of benzene rings is 1. The Bertz CT molecular complexity index is 376. The summed E-state index contributed by atoms with van der Waals surface area (Å²) in [6.07, 6.45) is 0. The van der Waals surface area contributed by atoms with Crippen LogP contribution < -0.4 is 4.74 Å². The minimum atomic E-state index is -0.380. The monoisotopic (exact) mass is 195 g/mol. The number of methoxy groups -OCH3 is 1. The first-order valence-corrected chi connectivity index (χ1v) is 4.32. The second-order valence-corrected chi connectivity index (χ2v) is 2.88. The predicted octanol–water partition coefficient (Wildman–Crippen LogP) is 1.61. The molecule has 0 saturated carbocycles. The van der Waals surface area contributed by atoms with E-state index in [9.17, 15) is 4.39 Å². The van der Waals surface area contributed by atoms with Gasteiger partial charge in [-0.15, -0.1) is 0 Å². The van der Waals surface area contributed by atoms with Crippen LogP contribution in [0.3, 0.4) is 0 Å². The summed E-state index contributed by atoms with van der Waals surface area (Å²) in [5.74, 6) is 0.388. The Balaban J connectivity index is 2.35. The Morgan fingerprint density at radius 3 is 3.00 bits per heavy atom. The quantitative estimate of drug-likeness (QED) is 0.717. The van der Waals surface area contributed by atoms with Gasteiger partial charge in [0.25, 0.3) is 0 Å². The van der Waals surface area contributed by atoms with E-state index in [1.807, 2.05) is 0 Å². The lowest BCUT2D eigenvalue weighted by Gasteiger charge is -2.05. The zero-order chi connectivity index (χ0) is 9.97. The van der Waals surface area contributed by atoms with E-state index < -0.39 is 0 Å². The van der Waals surface area contributed by atoms with Crippen molar-refractivity contribution in [2.45, 2.75) is 0 Å². The molecule has 0 aromatic heterocycles. The Morgan fingerprint density at radius 2 is 2.36 bits per heavy atom. The topological polar surface area (TPSA) is 30.8 Å². The zero-order valence-corrected chi connectivity index (χ0v) is 7.79. The van der Waals surface area contributed by atoms with E-state index in [-0.39, 0.29) is 11.6 Å². The van der Waals surface area contributed by atoms with E-state index in [2.05, 4.69) is 4.99 Å². The molecule has 1 aliphatic heterocycles. The molecular formula is C10H10FNO2. The maximum atomic E-state index is 13.1. The molecule has 74 valence electrons. The maximum Gasteiger partial charge on any atom is 0.216 e. The smallest absolute Gasteiger partial charge is 0.216 e. The molecule has 14 heavy (non-hydrogen) atoms. The Morgan fingerprint density at radius 1 is 1.50 bits per heavy atom. The lowest BCUT2D eigenvalue weighted by molar-refractivity contribution is 0.347. The van der Waals surface area contributed by atoms with Crippen molar-refractivity contribution < 1.29 is 13.9 Å². The normalized spacial score (nSPS) is 14.9. The lowest BCUT2D eigenvalue weighted by atomic mass is 10.2. The molecule has 0 bridgehead atoms. The first kappa shape index (κ1) is 8.99. The van der Waals surface area contributed by atoms with Crippen molar-refractivity contribution in [3.05, 3.63) is 29.6 Å². The highest BCUT2D eigenvalue weighted by Crippen LogP contribution is 2.19. The van der Waals surface area contributed by atoms with Gasteiger partial charge in [0.05, 0.1) is 13.7 Å². The van der Waals surface area contributed by atoms with Gasteiger partial charge in [0.1, 0.15) is 6.61 Å². The highest BCUT2D eigenvalue weighted by atomic mass is 19.1. The molecule has 0 radical (unpaired) electrons. The highest BCUT2D eigenvalue weighted by molar-refractivity contribution is 5.95. The molecule has 0 N–H and O–H groups in total. The zero-order valence-electron chi connectivity index (χ0n) is 7.79. The minimum absolute atomic E-state index is 0.209. The maximum absolute atomic E-state index is 13.1. The average Bonchev–Trinajstić information content (AvgIpc) is 2.71. The summed E-state index contributed by atoms with van der Waals surface area (Å²) < 4.78 is 23.2. The Hall–Kier alpha value is -1.58. The number of nitrogens with zero attached hydrogens (tertiary/aromatic N) is 1. The van der Waals surface area contributed by atoms with Crippen LogP contribution in [-0.2, 0) is 4.74 Å². The van der Waals surface area contributed by atoms with Crippen LogP contribution in [0.4, 0.5) is 4.39 Å². The molecule has 2 rings (SSSR count). The van der Waals surface area contributed by atoms with E-state index in [1.165, 1.54) is 13.2 Å². The van der Waals surface area contributed by atoms with Crippen LogP contribution in [0.1, 0.15) is 5.56 Å². The summed E-state index contributed by atoms with van der Waals surface area (Å²) >= 11 is 0. The van der Waals surface area contributed by atoms with Crippen LogP contribution in [0.2, 0.25) is 0 Å². The van der Waals surface area contributed by atoms with E-state index in [0.717, 1.165) is 5.56 Å². The summed E-state index contributed by atoms with van der Waals surface area (Å²) in [6.45, 7) is 1.25. The molecule has 0 saturated heterocycles. The Labute approximate surface area is 81.2 Å². The fourth-order valence-electron chi connectivity index (χ4n) is 1.30. The van der Waals surface area contributed by atoms with E-state index >= 15 is 0 Å². The number of ether oxygens (including phenoxy) is 2. The second-order valence-electron chi connectivity index (χ2n) is 2.88. The first-order valence-electron chi connectivity index (χ1n) is 4.32. The van der Waals surface area contributed by atoms with Crippen molar-refractivity contribution in [3.63, 3.8) is 0 Å². The molecule has 1 aromatic carbocycles. The average molecular weight is 195 g/mol. The second kappa shape index (κ2) is 3.65. The van der Waals surface area contributed by atoms with Gasteiger partial charge >= 0.3 is 0 Å². The summed E-state index contributed by atoms with van der Waals surface area (Å²) in [5, 5.41) is 0. The molecule has 0 amide bonds. The third-order valence-corrected chi connectivity index (χ3v) is 1.98. The highest BCUT2D eigenvalue weighted by Gasteiger charge is 2.12. The van der Waals surface area contributed by atoms with Crippen molar-refractivity contribution in [1.82, 2.24) is 0 Å². The number of hydrogen-bond donors (Lipinski definition) is 0. The van der Waals surface area contributed by atoms with Gasteiger partial charge in [0, 0.05) is 5.56 Å². The van der Waals surface area contributed by atoms with Crippen molar-refractivity contribution >= 4 is 5.90 Å². The van der Waals surface area contributed by atoms with Crippen LogP contribution in [0.5, 0.6) is 5.75 Å². The predicted molar refractivity (Wildman–Crippen MR) is 50.3 cm³/mol. The van der Waals surface area contributed by atoms with Crippen molar-refractivity contribution in [1.29, 1.82) is 0 Å². The summed E-state index contributed by atoms with van der Waals surface area (Å²) in [7, 11) is 1.43. The molecule has 3 nitrogen and oxygen atoms in total. The molecule has 0 atom stereocenters. The number of rotatable bonds is 2. The van der Waals surface area contributed by atoms with Crippen LogP contribution in [-0.4, -0.2) is 26.2 Å².